The first-order valence-electron chi connectivity index (χ1n) is 10.8. The first-order chi connectivity index (χ1) is 15.9. The molecule has 0 amide bonds. The van der Waals surface area contributed by atoms with Gasteiger partial charge in [-0.2, -0.15) is 8.42 Å². The highest BCUT2D eigenvalue weighted by Gasteiger charge is 2.27. The van der Waals surface area contributed by atoms with E-state index in [2.05, 4.69) is 6.07 Å². The van der Waals surface area contributed by atoms with Crippen molar-refractivity contribution < 1.29 is 21.7 Å². The molecule has 3 aromatic carbocycles. The number of fused-ring (bicyclic) bond motifs is 1. The Hall–Kier alpha value is -1.15. The molecule has 3 aromatic rings. The monoisotopic (exact) mass is 558 g/mol. The van der Waals surface area contributed by atoms with Gasteiger partial charge in [0.25, 0.3) is 0 Å². The number of rotatable bonds is 10. The van der Waals surface area contributed by atoms with E-state index in [4.69, 9.17) is 20.3 Å². The van der Waals surface area contributed by atoms with Crippen LogP contribution in [0.3, 0.4) is 0 Å². The van der Waals surface area contributed by atoms with Crippen molar-refractivity contribution >= 4 is 61.0 Å². The third-order valence-corrected chi connectivity index (χ3v) is 13.8. The molecule has 0 radical (unpaired) electrons. The lowest BCUT2D eigenvalue weighted by Gasteiger charge is -2.18. The maximum absolute atomic E-state index is 13.2. The standard InChI is InChI=1S/C24H28ClO5PS3/c1-6-29-31(26,32-15-16(2)3)33-24-10-7-20(14-23(24)25)30-34(27,28)21-8-9-22-18(5)11-17(4)12-19(22)13-21/h7-14,16H,6,15H2,1-5H3. The Morgan fingerprint density at radius 1 is 1.06 bits per heavy atom. The molecular weight excluding hydrogens is 531 g/mol. The van der Waals surface area contributed by atoms with Gasteiger partial charge in [0.15, 0.2) is 0 Å². The van der Waals surface area contributed by atoms with Crippen LogP contribution in [-0.4, -0.2) is 20.8 Å². The van der Waals surface area contributed by atoms with Crippen molar-refractivity contribution in [3.63, 3.8) is 0 Å². The molecular formula is C24H28ClO5PS3. The number of aryl methyl sites for hydroxylation is 2. The lowest BCUT2D eigenvalue weighted by molar-refractivity contribution is 0.357. The molecule has 0 saturated heterocycles. The van der Waals surface area contributed by atoms with Gasteiger partial charge in [0.2, 0.25) is 0 Å². The minimum absolute atomic E-state index is 0.0607. The van der Waals surface area contributed by atoms with Crippen molar-refractivity contribution in [3.05, 3.63) is 64.7 Å². The second-order valence-corrected chi connectivity index (χ2v) is 17.5. The van der Waals surface area contributed by atoms with Crippen LogP contribution in [0.2, 0.25) is 5.02 Å². The number of benzene rings is 3. The van der Waals surface area contributed by atoms with E-state index in [1.807, 2.05) is 33.8 Å². The van der Waals surface area contributed by atoms with Gasteiger partial charge in [0.1, 0.15) is 10.6 Å². The van der Waals surface area contributed by atoms with Gasteiger partial charge >= 0.3 is 15.9 Å². The molecule has 0 aromatic heterocycles. The van der Waals surface area contributed by atoms with E-state index >= 15 is 0 Å². The van der Waals surface area contributed by atoms with E-state index in [1.165, 1.54) is 29.6 Å². The summed E-state index contributed by atoms with van der Waals surface area (Å²) in [4.78, 5) is 0.599. The zero-order valence-electron chi connectivity index (χ0n) is 19.7. The Labute approximate surface area is 215 Å². The summed E-state index contributed by atoms with van der Waals surface area (Å²) in [6.07, 6.45) is 0. The van der Waals surface area contributed by atoms with Crippen molar-refractivity contribution in [3.8, 4) is 5.75 Å². The zero-order valence-corrected chi connectivity index (χ0v) is 23.8. The van der Waals surface area contributed by atoms with Gasteiger partial charge in [-0.25, -0.2) is 0 Å². The average molecular weight is 559 g/mol. The molecule has 0 aliphatic heterocycles. The van der Waals surface area contributed by atoms with Crippen molar-refractivity contribution in [1.29, 1.82) is 0 Å². The normalized spacial score (nSPS) is 13.9. The van der Waals surface area contributed by atoms with Crippen LogP contribution in [-0.2, 0) is 19.2 Å². The predicted molar refractivity (Wildman–Crippen MR) is 145 cm³/mol. The summed E-state index contributed by atoms with van der Waals surface area (Å²) in [7, 11) is -4.07. The molecule has 5 nitrogen and oxygen atoms in total. The maximum Gasteiger partial charge on any atom is 0.339 e. The lowest BCUT2D eigenvalue weighted by atomic mass is 10.0. The van der Waals surface area contributed by atoms with Crippen LogP contribution >= 0.6 is 40.1 Å². The van der Waals surface area contributed by atoms with Gasteiger partial charge in [-0.15, -0.1) is 0 Å². The minimum atomic E-state index is -4.07. The van der Waals surface area contributed by atoms with E-state index in [0.29, 0.717) is 23.2 Å². The molecule has 34 heavy (non-hydrogen) atoms. The summed E-state index contributed by atoms with van der Waals surface area (Å²) in [5.74, 6) is -1.94. The summed E-state index contributed by atoms with van der Waals surface area (Å²) >= 11 is 8.76. The van der Waals surface area contributed by atoms with E-state index < -0.39 is 15.9 Å². The molecule has 0 spiro atoms. The minimum Gasteiger partial charge on any atom is -0.379 e. The predicted octanol–water partition coefficient (Wildman–Crippen LogP) is 8.50. The Morgan fingerprint density at radius 3 is 2.44 bits per heavy atom. The molecule has 0 N–H and O–H groups in total. The molecule has 10 heteroatoms. The lowest BCUT2D eigenvalue weighted by Crippen LogP contribution is -2.09. The first kappa shape index (κ1) is 27.4. The van der Waals surface area contributed by atoms with Gasteiger partial charge < -0.3 is 8.71 Å². The van der Waals surface area contributed by atoms with Crippen LogP contribution in [0.5, 0.6) is 5.75 Å². The van der Waals surface area contributed by atoms with Gasteiger partial charge in [-0.3, -0.25) is 4.57 Å². The molecule has 1 unspecified atom stereocenters. The van der Waals surface area contributed by atoms with Crippen LogP contribution in [0.1, 0.15) is 31.9 Å². The molecule has 0 aliphatic carbocycles. The highest BCUT2D eigenvalue weighted by molar-refractivity contribution is 8.89. The second-order valence-electron chi connectivity index (χ2n) is 8.24. The van der Waals surface area contributed by atoms with E-state index in [0.717, 1.165) is 33.3 Å². The summed E-state index contributed by atoms with van der Waals surface area (Å²) in [6.45, 7) is 10.2. The van der Waals surface area contributed by atoms with Crippen molar-refractivity contribution in [2.24, 2.45) is 5.92 Å². The topological polar surface area (TPSA) is 69.7 Å². The van der Waals surface area contributed by atoms with E-state index in [-0.39, 0.29) is 15.7 Å². The summed E-state index contributed by atoms with van der Waals surface area (Å²) in [5, 5.41) is 2.06. The van der Waals surface area contributed by atoms with Gasteiger partial charge in [0.05, 0.1) is 11.6 Å². The number of hydrogen-bond donors (Lipinski definition) is 0. The van der Waals surface area contributed by atoms with Gasteiger partial charge in [0, 0.05) is 16.7 Å². The Kier molecular flexibility index (Phi) is 9.10. The number of halogens is 1. The average Bonchev–Trinajstić information content (AvgIpc) is 2.74. The fourth-order valence-electron chi connectivity index (χ4n) is 3.27. The molecule has 0 bridgehead atoms. The second kappa shape index (κ2) is 11.3. The van der Waals surface area contributed by atoms with E-state index in [1.54, 1.807) is 25.1 Å². The van der Waals surface area contributed by atoms with Crippen LogP contribution in [0.4, 0.5) is 0 Å². The largest absolute Gasteiger partial charge is 0.379 e. The quantitative estimate of drug-likeness (QED) is 0.182. The summed E-state index contributed by atoms with van der Waals surface area (Å²) in [6, 6.07) is 13.5. The molecule has 0 fully saturated rings. The fraction of sp³-hybridized carbons (Fsp3) is 0.333. The van der Waals surface area contributed by atoms with Crippen LogP contribution < -0.4 is 4.18 Å². The smallest absolute Gasteiger partial charge is 0.339 e. The number of hydrogen-bond acceptors (Lipinski definition) is 7. The zero-order chi connectivity index (χ0) is 25.1. The van der Waals surface area contributed by atoms with Crippen molar-refractivity contribution in [1.82, 2.24) is 0 Å². The van der Waals surface area contributed by atoms with Gasteiger partial charge in [-0.1, -0.05) is 60.6 Å². The molecule has 0 heterocycles. The van der Waals surface area contributed by atoms with Crippen molar-refractivity contribution in [2.75, 3.05) is 12.4 Å². The molecule has 3 rings (SSSR count). The summed E-state index contributed by atoms with van der Waals surface area (Å²) in [5.41, 5.74) is 2.13. The molecule has 184 valence electrons. The molecule has 0 saturated carbocycles. The molecule has 0 aliphatic rings. The first-order valence-corrected chi connectivity index (χ1v) is 17.2. The fourth-order valence-corrected chi connectivity index (χ4v) is 11.7. The van der Waals surface area contributed by atoms with Crippen LogP contribution in [0, 0.1) is 19.8 Å². The molecule has 1 atom stereocenters. The third-order valence-electron chi connectivity index (χ3n) is 4.74. The SMILES string of the molecule is CCOP(=O)(SCC(C)C)Sc1ccc(OS(=O)(=O)c2ccc3c(C)cc(C)cc3c2)cc1Cl. The third kappa shape index (κ3) is 6.96. The van der Waals surface area contributed by atoms with Gasteiger partial charge in [-0.05, 0) is 78.7 Å². The van der Waals surface area contributed by atoms with Crippen LogP contribution in [0.25, 0.3) is 10.8 Å². The van der Waals surface area contributed by atoms with Crippen molar-refractivity contribution in [2.45, 2.75) is 44.4 Å². The Bertz CT molecular complexity index is 1340. The van der Waals surface area contributed by atoms with E-state index in [9.17, 15) is 13.0 Å². The highest BCUT2D eigenvalue weighted by atomic mass is 35.5. The Balaban J connectivity index is 1.83. The van der Waals surface area contributed by atoms with Crippen LogP contribution in [0.15, 0.2) is 58.3 Å². The summed E-state index contributed by atoms with van der Waals surface area (Å²) < 4.78 is 50.0. The maximum atomic E-state index is 13.2. The highest BCUT2D eigenvalue weighted by Crippen LogP contribution is 2.72. The Morgan fingerprint density at radius 2 is 1.79 bits per heavy atom.